The quantitative estimate of drug-likeness (QED) is 0.361. The van der Waals surface area contributed by atoms with Crippen molar-refractivity contribution in [1.82, 2.24) is 0 Å². The van der Waals surface area contributed by atoms with Crippen LogP contribution in [0.2, 0.25) is 0 Å². The van der Waals surface area contributed by atoms with Gasteiger partial charge in [-0.1, -0.05) is 63.6 Å². The third kappa shape index (κ3) is 5.70. The molecule has 0 saturated heterocycles. The van der Waals surface area contributed by atoms with Gasteiger partial charge >= 0.3 is 18.2 Å². The Balaban J connectivity index is 0.00000109. The number of carbonyl (C=O) groups excluding carboxylic acids is 2. The molecule has 1 aliphatic rings. The standard InChI is InChI=1S/C24H20F3N3O2.2C2H6/c1-3-28-20-14-11-17(24(25,26)27)15-21(20)29(18-7-5-4-6-8-18)23(32)30(22(28)31)19-12-9-16(2)10-13-19;2*1-2/h4-15H,3H2,1-2H3;2*1-2H3. The number of aryl methyl sites for hydroxylation is 1. The number of carbonyl (C=O) groups is 2. The van der Waals surface area contributed by atoms with E-state index in [-0.39, 0.29) is 17.9 Å². The molecule has 0 radical (unpaired) electrons. The topological polar surface area (TPSA) is 43.9 Å². The van der Waals surface area contributed by atoms with Gasteiger partial charge in [0.25, 0.3) is 0 Å². The second-order valence-corrected chi connectivity index (χ2v) is 7.35. The van der Waals surface area contributed by atoms with E-state index in [9.17, 15) is 22.8 Å². The number of fused-ring (bicyclic) bond motifs is 1. The molecule has 0 aromatic heterocycles. The van der Waals surface area contributed by atoms with Gasteiger partial charge in [0.2, 0.25) is 0 Å². The van der Waals surface area contributed by atoms with E-state index in [4.69, 9.17) is 0 Å². The van der Waals surface area contributed by atoms with Crippen molar-refractivity contribution in [2.45, 2.75) is 47.7 Å². The fraction of sp³-hybridized carbons (Fsp3) is 0.286. The van der Waals surface area contributed by atoms with Crippen molar-refractivity contribution >= 4 is 34.8 Å². The van der Waals surface area contributed by atoms with Crippen molar-refractivity contribution in [3.63, 3.8) is 0 Å². The summed E-state index contributed by atoms with van der Waals surface area (Å²) in [5, 5.41) is 0. The van der Waals surface area contributed by atoms with Crippen molar-refractivity contribution in [2.75, 3.05) is 21.2 Å². The summed E-state index contributed by atoms with van der Waals surface area (Å²) in [6.45, 7) is 11.7. The lowest BCUT2D eigenvalue weighted by Crippen LogP contribution is -2.48. The van der Waals surface area contributed by atoms with E-state index in [1.807, 2.05) is 34.6 Å². The van der Waals surface area contributed by atoms with Crippen LogP contribution in [0.15, 0.2) is 72.8 Å². The first kappa shape index (κ1) is 28.4. The Bertz CT molecular complexity index is 1160. The maximum absolute atomic E-state index is 13.8. The van der Waals surface area contributed by atoms with Gasteiger partial charge in [0.1, 0.15) is 0 Å². The van der Waals surface area contributed by atoms with Crippen LogP contribution in [0.4, 0.5) is 45.5 Å². The lowest BCUT2D eigenvalue weighted by Gasteiger charge is -2.27. The molecule has 0 saturated carbocycles. The third-order valence-corrected chi connectivity index (χ3v) is 5.26. The first-order valence-electron chi connectivity index (χ1n) is 12.0. The zero-order valence-electron chi connectivity index (χ0n) is 21.4. The predicted molar refractivity (Wildman–Crippen MR) is 140 cm³/mol. The molecule has 0 fully saturated rings. The maximum Gasteiger partial charge on any atom is 0.416 e. The van der Waals surface area contributed by atoms with Gasteiger partial charge in [0.15, 0.2) is 0 Å². The van der Waals surface area contributed by atoms with Crippen molar-refractivity contribution in [2.24, 2.45) is 0 Å². The Hall–Kier alpha value is -3.81. The van der Waals surface area contributed by atoms with Gasteiger partial charge in [0, 0.05) is 6.54 Å². The molecule has 4 rings (SSSR count). The molecule has 5 nitrogen and oxygen atoms in total. The molecule has 0 N–H and O–H groups in total. The number of hydrogen-bond donors (Lipinski definition) is 0. The van der Waals surface area contributed by atoms with Crippen LogP contribution in [0.3, 0.4) is 0 Å². The minimum absolute atomic E-state index is 0.0131. The van der Waals surface area contributed by atoms with Crippen LogP contribution in [-0.2, 0) is 6.18 Å². The number of benzene rings is 3. The Labute approximate surface area is 210 Å². The molecule has 1 heterocycles. The summed E-state index contributed by atoms with van der Waals surface area (Å²) < 4.78 is 40.6. The van der Waals surface area contributed by atoms with Gasteiger partial charge in [-0.3, -0.25) is 9.80 Å². The van der Waals surface area contributed by atoms with E-state index < -0.39 is 23.8 Å². The Morgan fingerprint density at radius 2 is 1.25 bits per heavy atom. The number of amides is 4. The second-order valence-electron chi connectivity index (χ2n) is 7.35. The van der Waals surface area contributed by atoms with Crippen molar-refractivity contribution in [1.29, 1.82) is 0 Å². The lowest BCUT2D eigenvalue weighted by atomic mass is 10.1. The number of hydrogen-bond acceptors (Lipinski definition) is 2. The third-order valence-electron chi connectivity index (χ3n) is 5.26. The van der Waals surface area contributed by atoms with Crippen LogP contribution in [0.1, 0.15) is 45.7 Å². The summed E-state index contributed by atoms with van der Waals surface area (Å²) in [5.74, 6) is 0. The number of alkyl halides is 3. The van der Waals surface area contributed by atoms with Crippen LogP contribution < -0.4 is 14.7 Å². The van der Waals surface area contributed by atoms with Crippen molar-refractivity contribution < 1.29 is 22.8 Å². The Morgan fingerprint density at radius 1 is 0.694 bits per heavy atom. The Morgan fingerprint density at radius 3 is 1.78 bits per heavy atom. The Kier molecular flexibility index (Phi) is 9.67. The highest BCUT2D eigenvalue weighted by Gasteiger charge is 2.41. The molecule has 0 atom stereocenters. The molecule has 3 aromatic rings. The second kappa shape index (κ2) is 12.2. The number of nitrogens with zero attached hydrogens (tertiary/aromatic N) is 3. The summed E-state index contributed by atoms with van der Waals surface area (Å²) in [4.78, 5) is 30.7. The van der Waals surface area contributed by atoms with Gasteiger partial charge < -0.3 is 0 Å². The highest BCUT2D eigenvalue weighted by Crippen LogP contribution is 2.43. The molecule has 8 heteroatoms. The molecule has 0 unspecified atom stereocenters. The average Bonchev–Trinajstić information content (AvgIpc) is 2.98. The first-order chi connectivity index (χ1) is 17.2. The molecule has 4 amide bonds. The minimum Gasteiger partial charge on any atom is -0.292 e. The van der Waals surface area contributed by atoms with E-state index >= 15 is 0 Å². The van der Waals surface area contributed by atoms with E-state index in [1.54, 1.807) is 61.5 Å². The van der Waals surface area contributed by atoms with Crippen LogP contribution in [0, 0.1) is 6.92 Å². The monoisotopic (exact) mass is 499 g/mol. The van der Waals surface area contributed by atoms with E-state index in [1.165, 1.54) is 11.0 Å². The van der Waals surface area contributed by atoms with Crippen molar-refractivity contribution in [3.05, 3.63) is 83.9 Å². The molecule has 192 valence electrons. The van der Waals surface area contributed by atoms with E-state index in [2.05, 4.69) is 0 Å². The molecular weight excluding hydrogens is 467 g/mol. The van der Waals surface area contributed by atoms with Gasteiger partial charge in [-0.15, -0.1) is 0 Å². The lowest BCUT2D eigenvalue weighted by molar-refractivity contribution is -0.137. The highest BCUT2D eigenvalue weighted by molar-refractivity contribution is 6.28. The number of para-hydroxylation sites is 1. The maximum atomic E-state index is 13.8. The first-order valence-corrected chi connectivity index (χ1v) is 12.0. The number of halogens is 3. The van der Waals surface area contributed by atoms with Crippen LogP contribution in [-0.4, -0.2) is 18.6 Å². The molecule has 0 bridgehead atoms. The molecule has 0 aliphatic carbocycles. The highest BCUT2D eigenvalue weighted by atomic mass is 19.4. The van der Waals surface area contributed by atoms with Crippen LogP contribution in [0.5, 0.6) is 0 Å². The van der Waals surface area contributed by atoms with E-state index in [0.717, 1.165) is 27.5 Å². The number of urea groups is 2. The zero-order valence-corrected chi connectivity index (χ0v) is 21.4. The minimum atomic E-state index is -4.61. The normalized spacial score (nSPS) is 13.2. The smallest absolute Gasteiger partial charge is 0.292 e. The molecule has 3 aromatic carbocycles. The van der Waals surface area contributed by atoms with Gasteiger partial charge in [-0.2, -0.15) is 13.2 Å². The molecule has 1 aliphatic heterocycles. The SMILES string of the molecule is CC.CC.CCN1C(=O)N(c2ccc(C)cc2)C(=O)N(c2ccccc2)c2cc(C(F)(F)F)ccc21. The molecule has 36 heavy (non-hydrogen) atoms. The van der Waals surface area contributed by atoms with E-state index in [0.29, 0.717) is 11.4 Å². The largest absolute Gasteiger partial charge is 0.416 e. The summed E-state index contributed by atoms with van der Waals surface area (Å²) >= 11 is 0. The summed E-state index contributed by atoms with van der Waals surface area (Å²) in [6.07, 6.45) is -4.61. The zero-order chi connectivity index (χ0) is 27.0. The summed E-state index contributed by atoms with van der Waals surface area (Å²) in [5.41, 5.74) is 0.916. The number of rotatable bonds is 3. The molecular formula is C28H32F3N3O2. The van der Waals surface area contributed by atoms with Gasteiger partial charge in [-0.25, -0.2) is 14.5 Å². The predicted octanol–water partition coefficient (Wildman–Crippen LogP) is 8.79. The fourth-order valence-electron chi connectivity index (χ4n) is 3.66. The fourth-order valence-corrected chi connectivity index (χ4v) is 3.66. The summed E-state index contributed by atoms with van der Waals surface area (Å²) in [7, 11) is 0. The van der Waals surface area contributed by atoms with Crippen LogP contribution >= 0.6 is 0 Å². The van der Waals surface area contributed by atoms with Gasteiger partial charge in [-0.05, 0) is 56.3 Å². The summed E-state index contributed by atoms with van der Waals surface area (Å²) in [6, 6.07) is 16.8. The average molecular weight is 500 g/mol. The van der Waals surface area contributed by atoms with Crippen molar-refractivity contribution in [3.8, 4) is 0 Å². The number of anilines is 4. The van der Waals surface area contributed by atoms with Gasteiger partial charge in [0.05, 0.1) is 28.3 Å². The van der Waals surface area contributed by atoms with Crippen LogP contribution in [0.25, 0.3) is 0 Å². The number of imide groups is 1. The molecule has 0 spiro atoms.